The molecule has 0 fully saturated rings. The van der Waals surface area contributed by atoms with E-state index >= 15 is 0 Å². The lowest BCUT2D eigenvalue weighted by Crippen LogP contribution is -1.90. The van der Waals surface area contributed by atoms with Crippen molar-refractivity contribution >= 4 is 28.6 Å². The van der Waals surface area contributed by atoms with Crippen molar-refractivity contribution in [3.8, 4) is 11.5 Å². The largest absolute Gasteiger partial charge is 0.455 e. The molecular formula is C17H11ClFNO. The van der Waals surface area contributed by atoms with Gasteiger partial charge in [0.15, 0.2) is 0 Å². The molecule has 2 nitrogen and oxygen atoms in total. The van der Waals surface area contributed by atoms with Gasteiger partial charge in [-0.1, -0.05) is 42.5 Å². The van der Waals surface area contributed by atoms with Crippen molar-refractivity contribution in [1.82, 2.24) is 4.98 Å². The fraction of sp³-hybridized carbons (Fsp3) is 0. The summed E-state index contributed by atoms with van der Waals surface area (Å²) in [5.41, 5.74) is 1.03. The minimum atomic E-state index is -0.353. The summed E-state index contributed by atoms with van der Waals surface area (Å²) in [6.45, 7) is 3.73. The molecule has 0 bridgehead atoms. The minimum absolute atomic E-state index is 0.319. The fourth-order valence-electron chi connectivity index (χ4n) is 2.09. The molecule has 0 radical (unpaired) electrons. The van der Waals surface area contributed by atoms with E-state index < -0.39 is 0 Å². The minimum Gasteiger partial charge on any atom is -0.455 e. The third-order valence-corrected chi connectivity index (χ3v) is 3.41. The molecule has 0 unspecified atom stereocenters. The van der Waals surface area contributed by atoms with E-state index in [0.717, 1.165) is 0 Å². The molecule has 1 aromatic heterocycles. The van der Waals surface area contributed by atoms with Crippen LogP contribution in [0, 0.1) is 5.82 Å². The zero-order chi connectivity index (χ0) is 14.8. The van der Waals surface area contributed by atoms with E-state index in [4.69, 9.17) is 16.3 Å². The molecule has 4 heteroatoms. The molecule has 0 aliphatic rings. The Morgan fingerprint density at radius 3 is 2.81 bits per heavy atom. The number of rotatable bonds is 3. The molecule has 2 aromatic carbocycles. The summed E-state index contributed by atoms with van der Waals surface area (Å²) < 4.78 is 19.4. The lowest BCUT2D eigenvalue weighted by Gasteiger charge is -2.10. The summed E-state index contributed by atoms with van der Waals surface area (Å²) in [6, 6.07) is 11.9. The van der Waals surface area contributed by atoms with Crippen LogP contribution in [-0.2, 0) is 0 Å². The summed E-state index contributed by atoms with van der Waals surface area (Å²) in [6.07, 6.45) is 3.12. The predicted octanol–water partition coefficient (Wildman–Crippen LogP) is 5.46. The second-order valence-corrected chi connectivity index (χ2v) is 4.85. The number of para-hydroxylation sites is 1. The Balaban J connectivity index is 2.03. The fourth-order valence-corrected chi connectivity index (χ4v) is 2.33. The van der Waals surface area contributed by atoms with Gasteiger partial charge in [0, 0.05) is 10.9 Å². The van der Waals surface area contributed by atoms with E-state index in [1.165, 1.54) is 12.3 Å². The Morgan fingerprint density at radius 1 is 1.19 bits per heavy atom. The number of hydrogen-bond donors (Lipinski definition) is 0. The third-order valence-electron chi connectivity index (χ3n) is 3.08. The molecule has 0 spiro atoms. The van der Waals surface area contributed by atoms with Gasteiger partial charge in [-0.25, -0.2) is 9.37 Å². The Kier molecular flexibility index (Phi) is 3.59. The highest BCUT2D eigenvalue weighted by Crippen LogP contribution is 2.32. The average Bonchev–Trinajstić information content (AvgIpc) is 2.48. The van der Waals surface area contributed by atoms with Crippen LogP contribution in [0.15, 0.2) is 55.2 Å². The van der Waals surface area contributed by atoms with Gasteiger partial charge in [0.25, 0.3) is 0 Å². The number of halogens is 2. The molecule has 0 aliphatic carbocycles. The van der Waals surface area contributed by atoms with Gasteiger partial charge < -0.3 is 4.74 Å². The van der Waals surface area contributed by atoms with Crippen LogP contribution in [0.2, 0.25) is 5.02 Å². The SMILES string of the molecule is C=Cc1c(Cl)cccc1Oc1cnc2c(F)cccc2c1. The quantitative estimate of drug-likeness (QED) is 0.640. The van der Waals surface area contributed by atoms with Crippen LogP contribution in [0.3, 0.4) is 0 Å². The molecule has 3 aromatic rings. The van der Waals surface area contributed by atoms with Crippen LogP contribution in [0.25, 0.3) is 17.0 Å². The van der Waals surface area contributed by atoms with Crippen molar-refractivity contribution in [2.24, 2.45) is 0 Å². The normalized spacial score (nSPS) is 10.6. The molecule has 1 heterocycles. The first-order chi connectivity index (χ1) is 10.2. The molecule has 0 aliphatic heterocycles. The Labute approximate surface area is 126 Å². The van der Waals surface area contributed by atoms with E-state index in [1.54, 1.807) is 42.5 Å². The van der Waals surface area contributed by atoms with E-state index in [2.05, 4.69) is 11.6 Å². The lowest BCUT2D eigenvalue weighted by atomic mass is 10.2. The van der Waals surface area contributed by atoms with Crippen LogP contribution >= 0.6 is 11.6 Å². The summed E-state index contributed by atoms with van der Waals surface area (Å²) in [4.78, 5) is 4.10. The van der Waals surface area contributed by atoms with Crippen LogP contribution in [0.5, 0.6) is 11.5 Å². The maximum atomic E-state index is 13.6. The van der Waals surface area contributed by atoms with Gasteiger partial charge in [-0.05, 0) is 24.3 Å². The van der Waals surface area contributed by atoms with Gasteiger partial charge in [0.1, 0.15) is 22.8 Å². The maximum absolute atomic E-state index is 13.6. The van der Waals surface area contributed by atoms with E-state index in [1.807, 2.05) is 0 Å². The zero-order valence-corrected chi connectivity index (χ0v) is 11.8. The zero-order valence-electron chi connectivity index (χ0n) is 11.0. The van der Waals surface area contributed by atoms with Gasteiger partial charge in [0.2, 0.25) is 0 Å². The molecule has 0 amide bonds. The molecule has 0 saturated heterocycles. The van der Waals surface area contributed by atoms with Crippen LogP contribution in [0.1, 0.15) is 5.56 Å². The number of aromatic nitrogens is 1. The average molecular weight is 300 g/mol. The molecule has 0 saturated carbocycles. The number of pyridine rings is 1. The third kappa shape index (κ3) is 2.60. The van der Waals surface area contributed by atoms with Gasteiger partial charge in [0.05, 0.1) is 11.2 Å². The Bertz CT molecular complexity index is 832. The summed E-state index contributed by atoms with van der Waals surface area (Å²) in [7, 11) is 0. The number of hydrogen-bond acceptors (Lipinski definition) is 2. The maximum Gasteiger partial charge on any atom is 0.149 e. The topological polar surface area (TPSA) is 22.1 Å². The lowest BCUT2D eigenvalue weighted by molar-refractivity contribution is 0.480. The molecule has 0 N–H and O–H groups in total. The first-order valence-electron chi connectivity index (χ1n) is 6.32. The van der Waals surface area contributed by atoms with Crippen molar-refractivity contribution in [3.05, 3.63) is 71.6 Å². The molecule has 3 rings (SSSR count). The first kappa shape index (κ1) is 13.6. The van der Waals surface area contributed by atoms with Gasteiger partial charge in [-0.2, -0.15) is 0 Å². The molecule has 21 heavy (non-hydrogen) atoms. The highest BCUT2D eigenvalue weighted by Gasteiger charge is 2.08. The number of nitrogens with zero attached hydrogens (tertiary/aromatic N) is 1. The smallest absolute Gasteiger partial charge is 0.149 e. The van der Waals surface area contributed by atoms with E-state index in [9.17, 15) is 4.39 Å². The molecule has 0 atom stereocenters. The van der Waals surface area contributed by atoms with Crippen molar-refractivity contribution < 1.29 is 9.13 Å². The Hall–Kier alpha value is -2.39. The second-order valence-electron chi connectivity index (χ2n) is 4.44. The molecule has 104 valence electrons. The standard InChI is InChI=1S/C17H11ClFNO/c1-2-13-14(18)6-4-8-16(13)21-12-9-11-5-3-7-15(19)17(11)20-10-12/h2-10H,1H2. The number of fused-ring (bicyclic) bond motifs is 1. The van der Waals surface area contributed by atoms with Gasteiger partial charge in [-0.3, -0.25) is 0 Å². The predicted molar refractivity (Wildman–Crippen MR) is 83.3 cm³/mol. The number of ether oxygens (including phenoxy) is 1. The highest BCUT2D eigenvalue weighted by molar-refractivity contribution is 6.32. The summed E-state index contributed by atoms with van der Waals surface area (Å²) in [5.74, 6) is 0.738. The van der Waals surface area contributed by atoms with Crippen molar-refractivity contribution in [2.75, 3.05) is 0 Å². The summed E-state index contributed by atoms with van der Waals surface area (Å²) in [5, 5.41) is 1.23. The van der Waals surface area contributed by atoms with Gasteiger partial charge in [-0.15, -0.1) is 0 Å². The van der Waals surface area contributed by atoms with E-state index in [-0.39, 0.29) is 5.82 Å². The van der Waals surface area contributed by atoms with Crippen molar-refractivity contribution in [2.45, 2.75) is 0 Å². The van der Waals surface area contributed by atoms with Crippen molar-refractivity contribution in [3.63, 3.8) is 0 Å². The highest BCUT2D eigenvalue weighted by atomic mass is 35.5. The summed E-state index contributed by atoms with van der Waals surface area (Å²) >= 11 is 6.10. The van der Waals surface area contributed by atoms with Crippen LogP contribution < -0.4 is 4.74 Å². The van der Waals surface area contributed by atoms with Crippen LogP contribution in [0.4, 0.5) is 4.39 Å². The monoisotopic (exact) mass is 299 g/mol. The van der Waals surface area contributed by atoms with Crippen LogP contribution in [-0.4, -0.2) is 4.98 Å². The van der Waals surface area contributed by atoms with E-state index in [0.29, 0.717) is 33.0 Å². The second kappa shape index (κ2) is 5.54. The van der Waals surface area contributed by atoms with Gasteiger partial charge >= 0.3 is 0 Å². The van der Waals surface area contributed by atoms with Crippen molar-refractivity contribution in [1.29, 1.82) is 0 Å². The molecular weight excluding hydrogens is 289 g/mol. The number of benzene rings is 2. The first-order valence-corrected chi connectivity index (χ1v) is 6.70. The Morgan fingerprint density at radius 2 is 2.00 bits per heavy atom.